The molecule has 0 bridgehead atoms. The summed E-state index contributed by atoms with van der Waals surface area (Å²) in [7, 11) is 3.97. The van der Waals surface area contributed by atoms with Crippen molar-refractivity contribution < 1.29 is 0 Å². The van der Waals surface area contributed by atoms with E-state index in [1.807, 2.05) is 7.05 Å². The van der Waals surface area contributed by atoms with Crippen LogP contribution in [0.5, 0.6) is 0 Å². The van der Waals surface area contributed by atoms with E-state index in [-0.39, 0.29) is 0 Å². The minimum absolute atomic E-state index is 0.900. The van der Waals surface area contributed by atoms with Crippen molar-refractivity contribution in [2.24, 2.45) is 4.99 Å². The molecule has 0 aromatic heterocycles. The molecule has 0 saturated heterocycles. The molecule has 0 saturated carbocycles. The summed E-state index contributed by atoms with van der Waals surface area (Å²) in [6.07, 6.45) is 3.72. The molecule has 4 heteroatoms. The van der Waals surface area contributed by atoms with Gasteiger partial charge in [0.2, 0.25) is 0 Å². The summed E-state index contributed by atoms with van der Waals surface area (Å²) >= 11 is 0. The van der Waals surface area contributed by atoms with Gasteiger partial charge < -0.3 is 15.5 Å². The first-order valence-corrected chi connectivity index (χ1v) is 7.93. The van der Waals surface area contributed by atoms with Crippen molar-refractivity contribution in [1.82, 2.24) is 15.5 Å². The first kappa shape index (κ1) is 17.5. The maximum absolute atomic E-state index is 4.24. The smallest absolute Gasteiger partial charge is 0.191 e. The van der Waals surface area contributed by atoms with Crippen LogP contribution >= 0.6 is 0 Å². The maximum atomic E-state index is 4.24. The summed E-state index contributed by atoms with van der Waals surface area (Å²) in [6.45, 7) is 6.08. The Hall–Kier alpha value is -1.55. The summed E-state index contributed by atoms with van der Waals surface area (Å²) in [5, 5.41) is 6.71. The molecule has 0 atom stereocenters. The maximum Gasteiger partial charge on any atom is 0.191 e. The quantitative estimate of drug-likeness (QED) is 0.417. The Morgan fingerprint density at radius 3 is 2.48 bits per heavy atom. The van der Waals surface area contributed by atoms with Crippen LogP contribution in [0.2, 0.25) is 0 Å². The van der Waals surface area contributed by atoms with Crippen LogP contribution in [0, 0.1) is 0 Å². The Bertz CT molecular complexity index is 389. The van der Waals surface area contributed by atoms with E-state index in [0.29, 0.717) is 0 Å². The summed E-state index contributed by atoms with van der Waals surface area (Å²) in [6, 6.07) is 10.6. The molecule has 21 heavy (non-hydrogen) atoms. The molecule has 0 spiro atoms. The molecule has 0 radical (unpaired) electrons. The van der Waals surface area contributed by atoms with Gasteiger partial charge in [0.05, 0.1) is 0 Å². The molecule has 2 N–H and O–H groups in total. The Balaban J connectivity index is 2.16. The first-order valence-electron chi connectivity index (χ1n) is 7.93. The van der Waals surface area contributed by atoms with Crippen molar-refractivity contribution in [3.63, 3.8) is 0 Å². The lowest BCUT2D eigenvalue weighted by Gasteiger charge is -2.18. The van der Waals surface area contributed by atoms with Crippen LogP contribution in [0.1, 0.15) is 31.7 Å². The van der Waals surface area contributed by atoms with Gasteiger partial charge in [-0.3, -0.25) is 4.99 Å². The summed E-state index contributed by atoms with van der Waals surface area (Å²) in [5.41, 5.74) is 1.35. The fourth-order valence-electron chi connectivity index (χ4n) is 2.14. The van der Waals surface area contributed by atoms with Crippen molar-refractivity contribution in [3.8, 4) is 0 Å². The number of aliphatic imine (C=N–C) groups is 1. The summed E-state index contributed by atoms with van der Waals surface area (Å²) in [4.78, 5) is 6.55. The van der Waals surface area contributed by atoms with Crippen LogP contribution in [0.4, 0.5) is 0 Å². The van der Waals surface area contributed by atoms with Gasteiger partial charge in [-0.25, -0.2) is 0 Å². The van der Waals surface area contributed by atoms with E-state index in [2.05, 4.69) is 64.8 Å². The molecular formula is C17H30N4. The Kier molecular flexibility index (Phi) is 9.29. The SMILES string of the molecule is CCCCCNC(=NC)NCCN(C)Cc1ccccc1. The van der Waals surface area contributed by atoms with Crippen LogP contribution in [0.3, 0.4) is 0 Å². The zero-order valence-corrected chi connectivity index (χ0v) is 13.7. The fraction of sp³-hybridized carbons (Fsp3) is 0.588. The van der Waals surface area contributed by atoms with Gasteiger partial charge in [-0.2, -0.15) is 0 Å². The minimum atomic E-state index is 0.900. The highest BCUT2D eigenvalue weighted by Gasteiger charge is 2.01. The number of nitrogens with one attached hydrogen (secondary N) is 2. The lowest BCUT2D eigenvalue weighted by atomic mass is 10.2. The zero-order chi connectivity index (χ0) is 15.3. The number of likely N-dealkylation sites (N-methyl/N-ethyl adjacent to an activating group) is 1. The molecule has 4 nitrogen and oxygen atoms in total. The molecule has 0 aliphatic rings. The van der Waals surface area contributed by atoms with E-state index in [9.17, 15) is 0 Å². The lowest BCUT2D eigenvalue weighted by molar-refractivity contribution is 0.331. The highest BCUT2D eigenvalue weighted by atomic mass is 15.2. The number of hydrogen-bond donors (Lipinski definition) is 2. The summed E-state index contributed by atoms with van der Waals surface area (Å²) < 4.78 is 0. The van der Waals surface area contributed by atoms with Gasteiger partial charge in [-0.1, -0.05) is 50.1 Å². The van der Waals surface area contributed by atoms with Gasteiger partial charge in [0, 0.05) is 33.2 Å². The van der Waals surface area contributed by atoms with E-state index >= 15 is 0 Å². The van der Waals surface area contributed by atoms with Gasteiger partial charge in [0.25, 0.3) is 0 Å². The van der Waals surface area contributed by atoms with Gasteiger partial charge in [-0.05, 0) is 19.0 Å². The van der Waals surface area contributed by atoms with Crippen molar-refractivity contribution in [2.75, 3.05) is 33.7 Å². The molecule has 1 aromatic carbocycles. The number of rotatable bonds is 9. The van der Waals surface area contributed by atoms with Crippen LogP contribution in [0.15, 0.2) is 35.3 Å². The van der Waals surface area contributed by atoms with Gasteiger partial charge >= 0.3 is 0 Å². The second-order valence-electron chi connectivity index (χ2n) is 5.36. The molecule has 0 unspecified atom stereocenters. The molecule has 0 aliphatic heterocycles. The van der Waals surface area contributed by atoms with Gasteiger partial charge in [0.15, 0.2) is 5.96 Å². The molecule has 118 valence electrons. The Labute approximate surface area is 129 Å². The Morgan fingerprint density at radius 1 is 1.10 bits per heavy atom. The predicted octanol–water partition coefficient (Wildman–Crippen LogP) is 2.47. The lowest BCUT2D eigenvalue weighted by Crippen LogP contribution is -2.41. The van der Waals surface area contributed by atoms with Crippen LogP contribution in [0.25, 0.3) is 0 Å². The molecule has 1 aromatic rings. The molecule has 0 aliphatic carbocycles. The third kappa shape index (κ3) is 8.35. The standard InChI is InChI=1S/C17H30N4/c1-4-5-9-12-19-17(18-2)20-13-14-21(3)15-16-10-7-6-8-11-16/h6-8,10-11H,4-5,9,12-15H2,1-3H3,(H2,18,19,20). The van der Waals surface area contributed by atoms with E-state index < -0.39 is 0 Å². The number of nitrogens with zero attached hydrogens (tertiary/aromatic N) is 2. The van der Waals surface area contributed by atoms with Crippen LogP contribution in [-0.4, -0.2) is 44.6 Å². The predicted molar refractivity (Wildman–Crippen MR) is 91.7 cm³/mol. The highest BCUT2D eigenvalue weighted by molar-refractivity contribution is 5.79. The molecular weight excluding hydrogens is 260 g/mol. The van der Waals surface area contributed by atoms with Crippen molar-refractivity contribution in [3.05, 3.63) is 35.9 Å². The minimum Gasteiger partial charge on any atom is -0.356 e. The summed E-state index contributed by atoms with van der Waals surface area (Å²) in [5.74, 6) is 0.902. The number of guanidine groups is 1. The van der Waals surface area contributed by atoms with Crippen LogP contribution in [-0.2, 0) is 6.54 Å². The van der Waals surface area contributed by atoms with E-state index in [4.69, 9.17) is 0 Å². The largest absolute Gasteiger partial charge is 0.356 e. The molecule has 1 rings (SSSR count). The number of benzene rings is 1. The van der Waals surface area contributed by atoms with Gasteiger partial charge in [-0.15, -0.1) is 0 Å². The monoisotopic (exact) mass is 290 g/mol. The van der Waals surface area contributed by atoms with E-state index in [1.165, 1.54) is 24.8 Å². The van der Waals surface area contributed by atoms with E-state index in [0.717, 1.165) is 32.1 Å². The Morgan fingerprint density at radius 2 is 1.81 bits per heavy atom. The number of unbranched alkanes of at least 4 members (excludes halogenated alkanes) is 2. The third-order valence-electron chi connectivity index (χ3n) is 3.38. The zero-order valence-electron chi connectivity index (χ0n) is 13.7. The highest BCUT2D eigenvalue weighted by Crippen LogP contribution is 2.01. The van der Waals surface area contributed by atoms with Crippen molar-refractivity contribution in [2.45, 2.75) is 32.7 Å². The average Bonchev–Trinajstić information content (AvgIpc) is 2.50. The number of hydrogen-bond acceptors (Lipinski definition) is 2. The fourth-order valence-corrected chi connectivity index (χ4v) is 2.14. The average molecular weight is 290 g/mol. The topological polar surface area (TPSA) is 39.7 Å². The molecule has 0 amide bonds. The second kappa shape index (κ2) is 11.1. The molecule has 0 heterocycles. The second-order valence-corrected chi connectivity index (χ2v) is 5.36. The van der Waals surface area contributed by atoms with E-state index in [1.54, 1.807) is 0 Å². The van der Waals surface area contributed by atoms with Crippen molar-refractivity contribution in [1.29, 1.82) is 0 Å². The van der Waals surface area contributed by atoms with Gasteiger partial charge in [0.1, 0.15) is 0 Å². The molecule has 0 fully saturated rings. The van der Waals surface area contributed by atoms with Crippen LogP contribution < -0.4 is 10.6 Å². The van der Waals surface area contributed by atoms with Crippen molar-refractivity contribution >= 4 is 5.96 Å². The first-order chi connectivity index (χ1) is 10.3. The third-order valence-corrected chi connectivity index (χ3v) is 3.38. The normalized spacial score (nSPS) is 11.7.